The molecule has 0 radical (unpaired) electrons. The minimum atomic E-state index is -3.52. The van der Waals surface area contributed by atoms with Crippen molar-refractivity contribution in [1.82, 2.24) is 4.31 Å². The van der Waals surface area contributed by atoms with Crippen LogP contribution in [0.15, 0.2) is 24.3 Å². The monoisotopic (exact) mass is 336 g/mol. The molecule has 1 heterocycles. The van der Waals surface area contributed by atoms with E-state index in [0.29, 0.717) is 19.5 Å². The molecule has 2 N–H and O–H groups in total. The van der Waals surface area contributed by atoms with E-state index in [9.17, 15) is 12.8 Å². The molecule has 0 spiro atoms. The quantitative estimate of drug-likeness (QED) is 0.919. The van der Waals surface area contributed by atoms with Crippen molar-refractivity contribution in [3.8, 4) is 0 Å². The summed E-state index contributed by atoms with van der Waals surface area (Å²) < 4.78 is 39.9. The molecule has 1 aliphatic rings. The molecule has 21 heavy (non-hydrogen) atoms. The molecular formula is C14H22ClFN2O2S. The van der Waals surface area contributed by atoms with E-state index in [0.717, 1.165) is 0 Å². The van der Waals surface area contributed by atoms with Crippen LogP contribution in [0.3, 0.4) is 0 Å². The van der Waals surface area contributed by atoms with Crippen LogP contribution in [-0.2, 0) is 15.8 Å². The Balaban J connectivity index is 0.00000220. The number of nitrogens with zero attached hydrogens (tertiary/aromatic N) is 1. The molecule has 0 saturated carbocycles. The van der Waals surface area contributed by atoms with Gasteiger partial charge in [0.25, 0.3) is 0 Å². The highest BCUT2D eigenvalue weighted by Crippen LogP contribution is 2.30. The first-order valence-electron chi connectivity index (χ1n) is 6.69. The number of sulfonamides is 1. The van der Waals surface area contributed by atoms with Gasteiger partial charge in [0.05, 0.1) is 5.75 Å². The molecule has 1 aromatic rings. The van der Waals surface area contributed by atoms with E-state index in [1.54, 1.807) is 12.1 Å². The molecule has 4 nitrogen and oxygen atoms in total. The average molecular weight is 337 g/mol. The Hall–Kier alpha value is -0.690. The van der Waals surface area contributed by atoms with Gasteiger partial charge in [0.2, 0.25) is 10.0 Å². The number of benzene rings is 1. The lowest BCUT2D eigenvalue weighted by Crippen LogP contribution is -2.54. The highest BCUT2D eigenvalue weighted by atomic mass is 35.5. The molecule has 1 atom stereocenters. The molecule has 1 aliphatic heterocycles. The highest BCUT2D eigenvalue weighted by Gasteiger charge is 2.38. The smallest absolute Gasteiger partial charge is 0.218 e. The van der Waals surface area contributed by atoms with Crippen LogP contribution in [0, 0.1) is 11.2 Å². The van der Waals surface area contributed by atoms with Crippen molar-refractivity contribution in [1.29, 1.82) is 0 Å². The summed E-state index contributed by atoms with van der Waals surface area (Å²) >= 11 is 0. The Labute approximate surface area is 132 Å². The van der Waals surface area contributed by atoms with Crippen LogP contribution in [0.2, 0.25) is 0 Å². The summed E-state index contributed by atoms with van der Waals surface area (Å²) in [5, 5.41) is 0. The van der Waals surface area contributed by atoms with E-state index in [1.807, 2.05) is 13.8 Å². The molecule has 120 valence electrons. The van der Waals surface area contributed by atoms with Gasteiger partial charge in [-0.1, -0.05) is 32.0 Å². The van der Waals surface area contributed by atoms with Gasteiger partial charge in [-0.15, -0.1) is 12.4 Å². The lowest BCUT2D eigenvalue weighted by Gasteiger charge is -2.41. The van der Waals surface area contributed by atoms with Crippen molar-refractivity contribution in [2.75, 3.05) is 13.1 Å². The fraction of sp³-hybridized carbons (Fsp3) is 0.571. The van der Waals surface area contributed by atoms with Gasteiger partial charge >= 0.3 is 0 Å². The van der Waals surface area contributed by atoms with Gasteiger partial charge in [0.15, 0.2) is 0 Å². The second-order valence-electron chi connectivity index (χ2n) is 6.06. The summed E-state index contributed by atoms with van der Waals surface area (Å²) in [5.74, 6) is -0.783. The maximum atomic E-state index is 13.6. The predicted octanol–water partition coefficient (Wildman–Crippen LogP) is 2.14. The van der Waals surface area contributed by atoms with Crippen LogP contribution in [0.5, 0.6) is 0 Å². The zero-order chi connectivity index (χ0) is 15.0. The van der Waals surface area contributed by atoms with E-state index < -0.39 is 15.8 Å². The summed E-state index contributed by atoms with van der Waals surface area (Å²) in [6.07, 6.45) is 0.628. The van der Waals surface area contributed by atoms with E-state index in [2.05, 4.69) is 0 Å². The number of piperidine rings is 1. The van der Waals surface area contributed by atoms with Crippen LogP contribution >= 0.6 is 12.4 Å². The van der Waals surface area contributed by atoms with Crippen molar-refractivity contribution in [2.24, 2.45) is 11.1 Å². The predicted molar refractivity (Wildman–Crippen MR) is 84.2 cm³/mol. The molecule has 0 amide bonds. The Kier molecular flexibility index (Phi) is 5.77. The zero-order valence-corrected chi connectivity index (χ0v) is 13.9. The third kappa shape index (κ3) is 4.16. The minimum absolute atomic E-state index is 0. The van der Waals surface area contributed by atoms with Crippen LogP contribution in [0.4, 0.5) is 4.39 Å². The summed E-state index contributed by atoms with van der Waals surface area (Å²) in [6, 6.07) is 5.97. The third-order valence-corrected chi connectivity index (χ3v) is 5.74. The molecule has 1 aromatic carbocycles. The second kappa shape index (κ2) is 6.60. The van der Waals surface area contributed by atoms with Gasteiger partial charge in [-0.3, -0.25) is 0 Å². The highest BCUT2D eigenvalue weighted by molar-refractivity contribution is 7.88. The maximum absolute atomic E-state index is 13.6. The van der Waals surface area contributed by atoms with Gasteiger partial charge in [0.1, 0.15) is 5.82 Å². The molecule has 0 aliphatic carbocycles. The number of nitrogens with two attached hydrogens (primary N) is 1. The molecule has 1 unspecified atom stereocenters. The average Bonchev–Trinajstić information content (AvgIpc) is 2.35. The lowest BCUT2D eigenvalue weighted by molar-refractivity contribution is 0.155. The largest absolute Gasteiger partial charge is 0.327 e. The molecule has 7 heteroatoms. The molecular weight excluding hydrogens is 315 g/mol. The first kappa shape index (κ1) is 18.4. The van der Waals surface area contributed by atoms with Crippen LogP contribution in [-0.4, -0.2) is 31.9 Å². The fourth-order valence-corrected chi connectivity index (χ4v) is 4.19. The SMILES string of the molecule is CC1(C)CN(S(=O)(=O)Cc2ccccc2F)CCC1N.Cl. The second-order valence-corrected chi connectivity index (χ2v) is 8.03. The first-order chi connectivity index (χ1) is 9.22. The maximum Gasteiger partial charge on any atom is 0.218 e. The van der Waals surface area contributed by atoms with E-state index in [1.165, 1.54) is 16.4 Å². The lowest BCUT2D eigenvalue weighted by atomic mass is 9.81. The van der Waals surface area contributed by atoms with Gasteiger partial charge in [-0.2, -0.15) is 0 Å². The fourth-order valence-electron chi connectivity index (χ4n) is 2.47. The Bertz CT molecular complexity index is 592. The molecule has 0 bridgehead atoms. The van der Waals surface area contributed by atoms with E-state index in [4.69, 9.17) is 5.73 Å². The molecule has 2 rings (SSSR count). The van der Waals surface area contributed by atoms with Crippen LogP contribution in [0.25, 0.3) is 0 Å². The number of hydrogen-bond acceptors (Lipinski definition) is 3. The number of halogens is 2. The van der Waals surface area contributed by atoms with Crippen molar-refractivity contribution < 1.29 is 12.8 Å². The van der Waals surface area contributed by atoms with Crippen molar-refractivity contribution >= 4 is 22.4 Å². The van der Waals surface area contributed by atoms with Gasteiger partial charge < -0.3 is 5.73 Å². The van der Waals surface area contributed by atoms with Crippen LogP contribution in [0.1, 0.15) is 25.8 Å². The van der Waals surface area contributed by atoms with Crippen molar-refractivity contribution in [2.45, 2.75) is 32.1 Å². The van der Waals surface area contributed by atoms with Crippen LogP contribution < -0.4 is 5.73 Å². The minimum Gasteiger partial charge on any atom is -0.327 e. The first-order valence-corrected chi connectivity index (χ1v) is 8.30. The third-order valence-electron chi connectivity index (χ3n) is 3.97. The van der Waals surface area contributed by atoms with Crippen molar-refractivity contribution in [3.05, 3.63) is 35.6 Å². The Morgan fingerprint density at radius 3 is 2.57 bits per heavy atom. The van der Waals surface area contributed by atoms with Gasteiger partial charge in [-0.05, 0) is 17.9 Å². The zero-order valence-electron chi connectivity index (χ0n) is 12.3. The van der Waals surface area contributed by atoms with Gasteiger partial charge in [-0.25, -0.2) is 17.1 Å². The number of hydrogen-bond donors (Lipinski definition) is 1. The molecule has 1 saturated heterocycles. The Morgan fingerprint density at radius 1 is 1.38 bits per heavy atom. The molecule has 0 aromatic heterocycles. The van der Waals surface area contributed by atoms with E-state index >= 15 is 0 Å². The normalized spacial score (nSPS) is 22.6. The molecule has 1 fully saturated rings. The summed E-state index contributed by atoms with van der Waals surface area (Å²) in [7, 11) is -3.52. The summed E-state index contributed by atoms with van der Waals surface area (Å²) in [5.41, 5.74) is 5.96. The summed E-state index contributed by atoms with van der Waals surface area (Å²) in [4.78, 5) is 0. The topological polar surface area (TPSA) is 63.4 Å². The standard InChI is InChI=1S/C14H21FN2O2S.ClH/c1-14(2)10-17(8-7-13(14)16)20(18,19)9-11-5-3-4-6-12(11)15;/h3-6,13H,7-10,16H2,1-2H3;1H. The van der Waals surface area contributed by atoms with E-state index in [-0.39, 0.29) is 35.2 Å². The Morgan fingerprint density at radius 2 is 2.00 bits per heavy atom. The van der Waals surface area contributed by atoms with Crippen molar-refractivity contribution in [3.63, 3.8) is 0 Å². The number of rotatable bonds is 3. The van der Waals surface area contributed by atoms with Gasteiger partial charge in [0, 0.05) is 24.7 Å². The summed E-state index contributed by atoms with van der Waals surface area (Å²) in [6.45, 7) is 4.71.